The molecule has 0 radical (unpaired) electrons. The molecule has 0 atom stereocenters. The third-order valence-electron chi connectivity index (χ3n) is 6.24. The Morgan fingerprint density at radius 2 is 1.58 bits per heavy atom. The molecule has 0 saturated heterocycles. The summed E-state index contributed by atoms with van der Waals surface area (Å²) in [5, 5.41) is 7.25. The van der Waals surface area contributed by atoms with Gasteiger partial charge in [-0.25, -0.2) is 4.79 Å². The van der Waals surface area contributed by atoms with Crippen LogP contribution in [-0.2, 0) is 36.8 Å². The number of halogens is 6. The number of benzene rings is 1. The molecule has 0 spiro atoms. The van der Waals surface area contributed by atoms with Gasteiger partial charge in [0.05, 0.1) is 29.9 Å². The molecule has 1 aliphatic carbocycles. The van der Waals surface area contributed by atoms with E-state index in [-0.39, 0.29) is 43.3 Å². The standard InChI is InChI=1S/C23H24F6N4O3/c24-22(25,26)15-8-14(9-16(10-15)23(27,28)29)13-36-21(35)32-6-7-33-18(12-32)11-19(31-33)20(34)30-17-4-2-1-3-5-17/h8-11,17H,1-7,12-13H2,(H,30,34). The number of ether oxygens (including phenoxy) is 1. The topological polar surface area (TPSA) is 76.5 Å². The van der Waals surface area contributed by atoms with Crippen LogP contribution in [0.2, 0.25) is 0 Å². The number of nitrogens with one attached hydrogen (secondary N) is 1. The highest BCUT2D eigenvalue weighted by atomic mass is 19.4. The minimum Gasteiger partial charge on any atom is -0.445 e. The average Bonchev–Trinajstić information content (AvgIpc) is 3.25. The van der Waals surface area contributed by atoms with E-state index in [0.29, 0.717) is 17.8 Å². The lowest BCUT2D eigenvalue weighted by molar-refractivity contribution is -0.143. The molecular weight excluding hydrogens is 494 g/mol. The van der Waals surface area contributed by atoms with Crippen molar-refractivity contribution in [3.05, 3.63) is 52.3 Å². The molecule has 0 bridgehead atoms. The Balaban J connectivity index is 1.38. The van der Waals surface area contributed by atoms with Crippen molar-refractivity contribution in [3.8, 4) is 0 Å². The van der Waals surface area contributed by atoms with Gasteiger partial charge in [-0.2, -0.15) is 31.4 Å². The molecular formula is C23H24F6N4O3. The molecule has 1 aromatic carbocycles. The van der Waals surface area contributed by atoms with Crippen molar-refractivity contribution in [2.24, 2.45) is 0 Å². The maximum Gasteiger partial charge on any atom is 0.416 e. The smallest absolute Gasteiger partial charge is 0.416 e. The van der Waals surface area contributed by atoms with Gasteiger partial charge in [0.2, 0.25) is 0 Å². The maximum absolute atomic E-state index is 13.0. The summed E-state index contributed by atoms with van der Waals surface area (Å²) in [6.07, 6.45) is -5.81. The maximum atomic E-state index is 13.0. The number of hydrogen-bond acceptors (Lipinski definition) is 4. The van der Waals surface area contributed by atoms with Crippen molar-refractivity contribution in [1.82, 2.24) is 20.0 Å². The lowest BCUT2D eigenvalue weighted by atomic mass is 9.95. The highest BCUT2D eigenvalue weighted by molar-refractivity contribution is 5.92. The normalized spacial score (nSPS) is 17.0. The van der Waals surface area contributed by atoms with Gasteiger partial charge in [-0.15, -0.1) is 0 Å². The number of carbonyl (C=O) groups excluding carboxylic acids is 2. The Labute approximate surface area is 202 Å². The molecule has 0 unspecified atom stereocenters. The molecule has 2 aromatic rings. The van der Waals surface area contributed by atoms with Gasteiger partial charge in [0.25, 0.3) is 5.91 Å². The van der Waals surface area contributed by atoms with Gasteiger partial charge in [0.1, 0.15) is 6.61 Å². The lowest BCUT2D eigenvalue weighted by Crippen LogP contribution is -2.38. The SMILES string of the molecule is O=C(NC1CCCCC1)c1cc2n(n1)CCN(C(=O)OCc1cc(C(F)(F)F)cc(C(F)(F)F)c1)C2. The van der Waals surface area contributed by atoms with Crippen molar-refractivity contribution < 1.29 is 40.7 Å². The Hall–Kier alpha value is -3.25. The number of carbonyl (C=O) groups is 2. The predicted octanol–water partition coefficient (Wildman–Crippen LogP) is 5.14. The first kappa shape index (κ1) is 25.8. The van der Waals surface area contributed by atoms with Crippen molar-refractivity contribution >= 4 is 12.0 Å². The van der Waals surface area contributed by atoms with Crippen LogP contribution in [0.3, 0.4) is 0 Å². The van der Waals surface area contributed by atoms with Crippen molar-refractivity contribution in [1.29, 1.82) is 0 Å². The fourth-order valence-corrected chi connectivity index (χ4v) is 4.38. The van der Waals surface area contributed by atoms with Gasteiger partial charge in [0, 0.05) is 12.6 Å². The molecule has 2 amide bonds. The molecule has 7 nitrogen and oxygen atoms in total. The van der Waals surface area contributed by atoms with Gasteiger partial charge in [-0.3, -0.25) is 9.48 Å². The van der Waals surface area contributed by atoms with Gasteiger partial charge < -0.3 is 15.0 Å². The van der Waals surface area contributed by atoms with Gasteiger partial charge in [-0.1, -0.05) is 19.3 Å². The summed E-state index contributed by atoms with van der Waals surface area (Å²) < 4.78 is 84.8. The predicted molar refractivity (Wildman–Crippen MR) is 114 cm³/mol. The number of rotatable bonds is 4. The molecule has 2 heterocycles. The molecule has 1 aromatic heterocycles. The molecule has 2 aliphatic rings. The van der Waals surface area contributed by atoms with Crippen molar-refractivity contribution in [2.75, 3.05) is 6.54 Å². The Morgan fingerprint density at radius 3 is 2.19 bits per heavy atom. The second-order valence-electron chi connectivity index (χ2n) is 8.94. The minimum atomic E-state index is -4.99. The van der Waals surface area contributed by atoms with Crippen LogP contribution in [0.1, 0.15) is 65.0 Å². The molecule has 4 rings (SSSR count). The van der Waals surface area contributed by atoms with Crippen LogP contribution in [0.15, 0.2) is 24.3 Å². The minimum absolute atomic E-state index is 0.0130. The van der Waals surface area contributed by atoms with E-state index >= 15 is 0 Å². The van der Waals surface area contributed by atoms with Gasteiger partial charge in [0.15, 0.2) is 5.69 Å². The van der Waals surface area contributed by atoms with E-state index in [9.17, 15) is 35.9 Å². The number of nitrogens with zero attached hydrogens (tertiary/aromatic N) is 3. The molecule has 196 valence electrons. The molecule has 36 heavy (non-hydrogen) atoms. The molecule has 1 N–H and O–H groups in total. The van der Waals surface area contributed by atoms with E-state index in [2.05, 4.69) is 10.4 Å². The summed E-state index contributed by atoms with van der Waals surface area (Å²) in [7, 11) is 0. The first-order valence-electron chi connectivity index (χ1n) is 11.5. The lowest BCUT2D eigenvalue weighted by Gasteiger charge is -2.27. The van der Waals surface area contributed by atoms with E-state index < -0.39 is 41.7 Å². The molecule has 1 aliphatic heterocycles. The fourth-order valence-electron chi connectivity index (χ4n) is 4.38. The summed E-state index contributed by atoms with van der Waals surface area (Å²) in [5.74, 6) is -0.303. The van der Waals surface area contributed by atoms with E-state index in [1.54, 1.807) is 10.7 Å². The quantitative estimate of drug-likeness (QED) is 0.569. The summed E-state index contributed by atoms with van der Waals surface area (Å²) in [6, 6.07) is 2.71. The van der Waals surface area contributed by atoms with Crippen LogP contribution < -0.4 is 5.32 Å². The Morgan fingerprint density at radius 1 is 0.944 bits per heavy atom. The summed E-state index contributed by atoms with van der Waals surface area (Å²) in [4.78, 5) is 26.3. The largest absolute Gasteiger partial charge is 0.445 e. The second-order valence-corrected chi connectivity index (χ2v) is 8.94. The van der Waals surface area contributed by atoms with E-state index in [4.69, 9.17) is 4.74 Å². The van der Waals surface area contributed by atoms with Crippen LogP contribution in [0.4, 0.5) is 31.1 Å². The van der Waals surface area contributed by atoms with Crippen LogP contribution in [-0.4, -0.2) is 39.3 Å². The summed E-state index contributed by atoms with van der Waals surface area (Å²) >= 11 is 0. The van der Waals surface area contributed by atoms with Crippen LogP contribution in [0.5, 0.6) is 0 Å². The van der Waals surface area contributed by atoms with E-state index in [0.717, 1.165) is 32.1 Å². The highest BCUT2D eigenvalue weighted by Gasteiger charge is 2.37. The number of fused-ring (bicyclic) bond motifs is 1. The third-order valence-corrected chi connectivity index (χ3v) is 6.24. The van der Waals surface area contributed by atoms with Crippen LogP contribution in [0.25, 0.3) is 0 Å². The van der Waals surface area contributed by atoms with Crippen molar-refractivity contribution in [3.63, 3.8) is 0 Å². The summed E-state index contributed by atoms with van der Waals surface area (Å²) in [5.41, 5.74) is -2.62. The first-order valence-corrected chi connectivity index (χ1v) is 11.5. The van der Waals surface area contributed by atoms with E-state index in [1.807, 2.05) is 0 Å². The monoisotopic (exact) mass is 518 g/mol. The van der Waals surface area contributed by atoms with Gasteiger partial charge >= 0.3 is 18.4 Å². The number of alkyl halides is 6. The Kier molecular flexibility index (Phi) is 7.19. The number of hydrogen-bond donors (Lipinski definition) is 1. The van der Waals surface area contributed by atoms with E-state index in [1.165, 1.54) is 4.90 Å². The highest BCUT2D eigenvalue weighted by Crippen LogP contribution is 2.36. The third kappa shape index (κ3) is 6.11. The van der Waals surface area contributed by atoms with Gasteiger partial charge in [-0.05, 0) is 42.7 Å². The molecule has 1 saturated carbocycles. The Bertz CT molecular complexity index is 1090. The van der Waals surface area contributed by atoms with Crippen LogP contribution >= 0.6 is 0 Å². The first-order chi connectivity index (χ1) is 16.9. The zero-order chi connectivity index (χ0) is 26.1. The summed E-state index contributed by atoms with van der Waals surface area (Å²) in [6.45, 7) is -0.341. The van der Waals surface area contributed by atoms with Crippen molar-refractivity contribution in [2.45, 2.75) is 70.2 Å². The number of aromatic nitrogens is 2. The fraction of sp³-hybridized carbons (Fsp3) is 0.522. The second kappa shape index (κ2) is 10.0. The number of amides is 2. The average molecular weight is 518 g/mol. The molecule has 13 heteroatoms. The molecule has 1 fully saturated rings. The zero-order valence-corrected chi connectivity index (χ0v) is 19.1. The zero-order valence-electron chi connectivity index (χ0n) is 19.1. The van der Waals surface area contributed by atoms with Crippen LogP contribution in [0, 0.1) is 0 Å².